The van der Waals surface area contributed by atoms with E-state index in [2.05, 4.69) is 5.32 Å². The van der Waals surface area contributed by atoms with E-state index in [1.165, 1.54) is 6.92 Å². The van der Waals surface area contributed by atoms with Crippen LogP contribution in [0.4, 0.5) is 8.78 Å². The largest absolute Gasteiger partial charge is 0.386 e. The van der Waals surface area contributed by atoms with Gasteiger partial charge in [0.05, 0.1) is 12.1 Å². The molecular weight excluding hydrogens is 316 g/mol. The summed E-state index contributed by atoms with van der Waals surface area (Å²) in [5, 5.41) is 22.4. The highest BCUT2D eigenvalue weighted by molar-refractivity contribution is 6.30. The maximum absolute atomic E-state index is 14.0. The molecular formula is C15H18ClF2NO3. The zero-order chi connectivity index (χ0) is 16.5. The lowest BCUT2D eigenvalue weighted by Gasteiger charge is -2.41. The van der Waals surface area contributed by atoms with Crippen molar-refractivity contribution in [2.45, 2.75) is 49.9 Å². The molecule has 1 fully saturated rings. The minimum Gasteiger partial charge on any atom is -0.386 e. The van der Waals surface area contributed by atoms with E-state index in [1.807, 2.05) is 0 Å². The Morgan fingerprint density at radius 1 is 1.36 bits per heavy atom. The molecule has 0 bridgehead atoms. The van der Waals surface area contributed by atoms with E-state index in [1.54, 1.807) is 24.3 Å². The van der Waals surface area contributed by atoms with Gasteiger partial charge in [0.2, 0.25) is 0 Å². The number of alkyl halides is 2. The summed E-state index contributed by atoms with van der Waals surface area (Å²) < 4.78 is 27.9. The Hall–Kier alpha value is -1.24. The Bertz CT molecular complexity index is 546. The Morgan fingerprint density at radius 3 is 2.36 bits per heavy atom. The predicted molar refractivity (Wildman–Crippen MR) is 77.8 cm³/mol. The quantitative estimate of drug-likeness (QED) is 0.775. The van der Waals surface area contributed by atoms with Crippen molar-refractivity contribution in [3.05, 3.63) is 34.9 Å². The lowest BCUT2D eigenvalue weighted by Crippen LogP contribution is -2.61. The van der Waals surface area contributed by atoms with Crippen molar-refractivity contribution < 1.29 is 23.8 Å². The van der Waals surface area contributed by atoms with Crippen LogP contribution in [-0.4, -0.2) is 33.7 Å². The summed E-state index contributed by atoms with van der Waals surface area (Å²) in [6.07, 6.45) is -0.918. The second-order valence-corrected chi connectivity index (χ2v) is 6.15. The summed E-state index contributed by atoms with van der Waals surface area (Å²) >= 11 is 5.73. The topological polar surface area (TPSA) is 69.6 Å². The number of aliphatic hydroxyl groups excluding tert-OH is 1. The third-order valence-electron chi connectivity index (χ3n) is 4.09. The Labute approximate surface area is 132 Å². The molecule has 2 unspecified atom stereocenters. The molecule has 0 aliphatic heterocycles. The lowest BCUT2D eigenvalue weighted by atomic mass is 9.75. The zero-order valence-electron chi connectivity index (χ0n) is 12.0. The van der Waals surface area contributed by atoms with E-state index in [-0.39, 0.29) is 12.8 Å². The number of carbonyl (C=O) groups is 1. The molecule has 3 N–H and O–H groups in total. The van der Waals surface area contributed by atoms with Gasteiger partial charge in [-0.2, -0.15) is 8.78 Å². The molecule has 1 aliphatic carbocycles. The molecule has 1 amide bonds. The van der Waals surface area contributed by atoms with Gasteiger partial charge in [-0.05, 0) is 43.9 Å². The van der Waals surface area contributed by atoms with Crippen LogP contribution in [0.3, 0.4) is 0 Å². The van der Waals surface area contributed by atoms with Crippen LogP contribution in [-0.2, 0) is 4.79 Å². The zero-order valence-corrected chi connectivity index (χ0v) is 12.8. The molecule has 0 heterocycles. The molecule has 4 nitrogen and oxygen atoms in total. The fraction of sp³-hybridized carbons (Fsp3) is 0.533. The van der Waals surface area contributed by atoms with Crippen LogP contribution in [0.5, 0.6) is 0 Å². The van der Waals surface area contributed by atoms with Crippen LogP contribution in [0.15, 0.2) is 24.3 Å². The molecule has 2 atom stereocenters. The first-order chi connectivity index (χ1) is 10.2. The predicted octanol–water partition coefficient (Wildman–Crippen LogP) is 2.43. The highest BCUT2D eigenvalue weighted by Crippen LogP contribution is 2.44. The molecule has 0 radical (unpaired) electrons. The molecule has 1 saturated carbocycles. The van der Waals surface area contributed by atoms with Gasteiger partial charge in [0, 0.05) is 5.02 Å². The minimum atomic E-state index is -3.88. The van der Waals surface area contributed by atoms with Gasteiger partial charge in [-0.1, -0.05) is 23.7 Å². The molecule has 0 saturated heterocycles. The van der Waals surface area contributed by atoms with Crippen LogP contribution >= 0.6 is 11.6 Å². The molecule has 7 heteroatoms. The van der Waals surface area contributed by atoms with Gasteiger partial charge >= 0.3 is 5.92 Å². The van der Waals surface area contributed by atoms with Crippen molar-refractivity contribution in [2.75, 3.05) is 0 Å². The number of halogens is 3. The van der Waals surface area contributed by atoms with E-state index in [4.69, 9.17) is 11.6 Å². The number of nitrogens with one attached hydrogen (secondary N) is 1. The number of rotatable bonds is 5. The normalized spacial score (nSPS) is 19.9. The average Bonchev–Trinajstić information content (AvgIpc) is 2.44. The molecule has 1 aromatic carbocycles. The third-order valence-corrected chi connectivity index (χ3v) is 4.35. The average molecular weight is 334 g/mol. The first kappa shape index (κ1) is 17.1. The highest BCUT2D eigenvalue weighted by Gasteiger charge is 2.61. The molecule has 2 rings (SSSR count). The van der Waals surface area contributed by atoms with E-state index in [9.17, 15) is 23.8 Å². The number of hydrogen-bond donors (Lipinski definition) is 3. The van der Waals surface area contributed by atoms with E-state index in [0.29, 0.717) is 17.0 Å². The summed E-state index contributed by atoms with van der Waals surface area (Å²) in [5.74, 6) is -5.45. The standard InChI is InChI=1S/C15H18ClF2NO3/c1-9(12(20)10-3-5-11(16)6-4-10)19-13(21)15(17,18)14(22)7-2-8-14/h3-6,9,12,20,22H,2,7-8H2,1H3,(H,19,21). The van der Waals surface area contributed by atoms with Crippen LogP contribution in [0, 0.1) is 0 Å². The van der Waals surface area contributed by atoms with Gasteiger partial charge in [0.25, 0.3) is 5.91 Å². The Balaban J connectivity index is 2.03. The van der Waals surface area contributed by atoms with Crippen molar-refractivity contribution in [3.8, 4) is 0 Å². The van der Waals surface area contributed by atoms with Crippen molar-refractivity contribution in [1.82, 2.24) is 5.32 Å². The van der Waals surface area contributed by atoms with Crippen LogP contribution in [0.2, 0.25) is 5.02 Å². The number of hydrogen-bond acceptors (Lipinski definition) is 3. The number of benzene rings is 1. The third kappa shape index (κ3) is 3.09. The molecule has 0 aromatic heterocycles. The van der Waals surface area contributed by atoms with Gasteiger partial charge in [-0.25, -0.2) is 0 Å². The Kier molecular flexibility index (Phi) is 4.75. The van der Waals surface area contributed by atoms with Crippen molar-refractivity contribution in [3.63, 3.8) is 0 Å². The summed E-state index contributed by atoms with van der Waals surface area (Å²) in [4.78, 5) is 11.8. The monoisotopic (exact) mass is 333 g/mol. The fourth-order valence-corrected chi connectivity index (χ4v) is 2.49. The fourth-order valence-electron chi connectivity index (χ4n) is 2.36. The van der Waals surface area contributed by atoms with E-state index < -0.39 is 29.6 Å². The lowest BCUT2D eigenvalue weighted by molar-refractivity contribution is -0.216. The summed E-state index contributed by atoms with van der Waals surface area (Å²) in [5.41, 5.74) is -1.83. The van der Waals surface area contributed by atoms with Crippen molar-refractivity contribution in [1.29, 1.82) is 0 Å². The van der Waals surface area contributed by atoms with Crippen molar-refractivity contribution in [2.24, 2.45) is 0 Å². The first-order valence-corrected chi connectivity index (χ1v) is 7.40. The summed E-state index contributed by atoms with van der Waals surface area (Å²) in [6, 6.07) is 5.27. The maximum atomic E-state index is 14.0. The van der Waals surface area contributed by atoms with E-state index in [0.717, 1.165) is 0 Å². The molecule has 1 aliphatic rings. The Morgan fingerprint density at radius 2 is 1.91 bits per heavy atom. The van der Waals surface area contributed by atoms with Gasteiger partial charge in [0.1, 0.15) is 5.60 Å². The van der Waals surface area contributed by atoms with Gasteiger partial charge in [-0.3, -0.25) is 4.79 Å². The smallest absolute Gasteiger partial charge is 0.352 e. The first-order valence-electron chi connectivity index (χ1n) is 7.02. The van der Waals surface area contributed by atoms with Crippen molar-refractivity contribution >= 4 is 17.5 Å². The second kappa shape index (κ2) is 6.10. The highest BCUT2D eigenvalue weighted by atomic mass is 35.5. The molecule has 0 spiro atoms. The van der Waals surface area contributed by atoms with Gasteiger partial charge in [0.15, 0.2) is 0 Å². The molecule has 1 aromatic rings. The number of aliphatic hydroxyl groups is 2. The summed E-state index contributed by atoms with van der Waals surface area (Å²) in [6.45, 7) is 1.41. The second-order valence-electron chi connectivity index (χ2n) is 5.72. The molecule has 122 valence electrons. The molecule has 22 heavy (non-hydrogen) atoms. The van der Waals surface area contributed by atoms with Crippen LogP contribution in [0.25, 0.3) is 0 Å². The van der Waals surface area contributed by atoms with Gasteiger partial charge < -0.3 is 15.5 Å². The minimum absolute atomic E-state index is 0.110. The summed E-state index contributed by atoms with van der Waals surface area (Å²) in [7, 11) is 0. The SMILES string of the molecule is CC(NC(=O)C(F)(F)C1(O)CCC1)C(O)c1ccc(Cl)cc1. The number of carbonyl (C=O) groups excluding carboxylic acids is 1. The van der Waals surface area contributed by atoms with E-state index >= 15 is 0 Å². The maximum Gasteiger partial charge on any atom is 0.352 e. The van der Waals surface area contributed by atoms with Gasteiger partial charge in [-0.15, -0.1) is 0 Å². The van der Waals surface area contributed by atoms with Crippen LogP contribution in [0.1, 0.15) is 37.9 Å². The van der Waals surface area contributed by atoms with Crippen LogP contribution < -0.4 is 5.32 Å². The number of amides is 1.